The zero-order valence-corrected chi connectivity index (χ0v) is 80.6. The quantitative estimate of drug-likeness (QED) is 0.0531. The van der Waals surface area contributed by atoms with Crippen molar-refractivity contribution >= 4 is 94.1 Å². The van der Waals surface area contributed by atoms with Gasteiger partial charge in [-0.15, -0.1) is 0 Å². The smallest absolute Gasteiger partial charge is 0.0700 e. The molecule has 0 amide bonds. The molecule has 0 aliphatic rings. The van der Waals surface area contributed by atoms with Crippen molar-refractivity contribution in [3.05, 3.63) is 0 Å². The normalized spacial score (nSPS) is 11.8. The van der Waals surface area contributed by atoms with Gasteiger partial charge < -0.3 is 75.8 Å². The van der Waals surface area contributed by atoms with Gasteiger partial charge in [-0.2, -0.15) is 94.1 Å². The molecule has 24 heteroatoms. The number of hydrogen-bond donors (Lipinski definition) is 0. The molecule has 0 aromatic heterocycles. The van der Waals surface area contributed by atoms with Crippen LogP contribution in [0.3, 0.4) is 0 Å². The van der Waals surface area contributed by atoms with Crippen molar-refractivity contribution in [1.29, 1.82) is 0 Å². The van der Waals surface area contributed by atoms with Crippen LogP contribution < -0.4 is 0 Å². The molecule has 0 N–H and O–H groups in total. The zero-order chi connectivity index (χ0) is 81.2. The van der Waals surface area contributed by atoms with Gasteiger partial charge in [0.25, 0.3) is 0 Å². The molecule has 0 radical (unpaired) electrons. The maximum Gasteiger partial charge on any atom is 0.0700 e. The first-order valence-electron chi connectivity index (χ1n) is 46.8. The Morgan fingerprint density at radius 3 is 0.351 bits per heavy atom. The average Bonchev–Trinajstić information content (AvgIpc) is 2.83. The molecule has 0 aliphatic heterocycles. The Morgan fingerprint density at radius 1 is 0.0965 bits per heavy atom. The molecule has 0 saturated carbocycles. The van der Waals surface area contributed by atoms with Gasteiger partial charge in [-0.3, -0.25) is 0 Å². The van der Waals surface area contributed by atoms with Gasteiger partial charge in [0.15, 0.2) is 0 Å². The van der Waals surface area contributed by atoms with Crippen LogP contribution in [-0.4, -0.2) is 303 Å². The van der Waals surface area contributed by atoms with Crippen LogP contribution in [-0.2, 0) is 75.8 Å². The highest BCUT2D eigenvalue weighted by Crippen LogP contribution is 2.17. The van der Waals surface area contributed by atoms with Crippen LogP contribution in [0.2, 0.25) is 0 Å². The minimum atomic E-state index is 0.711. The van der Waals surface area contributed by atoms with Crippen LogP contribution in [0.1, 0.15) is 271 Å². The predicted octanol–water partition coefficient (Wildman–Crippen LogP) is 22.8. The van der Waals surface area contributed by atoms with Crippen molar-refractivity contribution < 1.29 is 75.8 Å². The van der Waals surface area contributed by atoms with Gasteiger partial charge in [-0.05, 0) is 246 Å². The Labute approximate surface area is 738 Å². The molecular formula is C90H182O16S8. The third-order valence-corrected chi connectivity index (χ3v) is 27.4. The minimum Gasteiger partial charge on any atom is -0.379 e. The molecule has 0 bridgehead atoms. The maximum atomic E-state index is 5.82. The number of rotatable bonds is 111. The molecule has 0 rings (SSSR count). The van der Waals surface area contributed by atoms with Crippen molar-refractivity contribution in [3.63, 3.8) is 0 Å². The topological polar surface area (TPSA) is 148 Å². The Kier molecular flexibility index (Phi) is 117. The first-order chi connectivity index (χ1) is 56.9. The Bertz CT molecular complexity index is 1480. The van der Waals surface area contributed by atoms with Gasteiger partial charge in [0, 0.05) is 106 Å². The van der Waals surface area contributed by atoms with E-state index in [9.17, 15) is 0 Å². The largest absolute Gasteiger partial charge is 0.379 e. The lowest BCUT2D eigenvalue weighted by molar-refractivity contribution is 0.0467. The lowest BCUT2D eigenvalue weighted by Gasteiger charge is -2.07. The second kappa shape index (κ2) is 115. The molecule has 0 aromatic rings. The Balaban J connectivity index is 3.10. The van der Waals surface area contributed by atoms with Gasteiger partial charge in [-0.1, -0.05) is 117 Å². The average molecular weight is 1780 g/mol. The highest BCUT2D eigenvalue weighted by molar-refractivity contribution is 8.00. The second-order valence-corrected chi connectivity index (χ2v) is 38.9. The Morgan fingerprint density at radius 2 is 0.211 bits per heavy atom. The molecule has 0 aromatic carbocycles. The fourth-order valence-electron chi connectivity index (χ4n) is 11.4. The highest BCUT2D eigenvalue weighted by Gasteiger charge is 2.05. The fraction of sp³-hybridized carbons (Fsp3) is 1.00. The summed E-state index contributed by atoms with van der Waals surface area (Å²) in [5, 5.41) is 0. The highest BCUT2D eigenvalue weighted by atomic mass is 32.2. The summed E-state index contributed by atoms with van der Waals surface area (Å²) < 4.78 is 92.1. The van der Waals surface area contributed by atoms with Crippen LogP contribution in [0.4, 0.5) is 0 Å². The van der Waals surface area contributed by atoms with Crippen molar-refractivity contribution in [2.75, 3.05) is 303 Å². The van der Waals surface area contributed by atoms with Gasteiger partial charge >= 0.3 is 0 Å². The molecule has 0 heterocycles. The van der Waals surface area contributed by atoms with Crippen LogP contribution in [0.15, 0.2) is 0 Å². The zero-order valence-electron chi connectivity index (χ0n) is 74.0. The number of ether oxygens (including phenoxy) is 16. The van der Waals surface area contributed by atoms with Gasteiger partial charge in [0.2, 0.25) is 0 Å². The second-order valence-electron chi connectivity index (χ2n) is 29.1. The molecule has 16 nitrogen and oxygen atoms in total. The predicted molar refractivity (Wildman–Crippen MR) is 508 cm³/mol. The van der Waals surface area contributed by atoms with E-state index in [0.717, 1.165) is 248 Å². The summed E-state index contributed by atoms with van der Waals surface area (Å²) in [4.78, 5) is 0. The van der Waals surface area contributed by atoms with Gasteiger partial charge in [0.05, 0.1) is 106 Å². The van der Waals surface area contributed by atoms with E-state index in [4.69, 9.17) is 75.8 Å². The number of unbranched alkanes of at least 4 members (excludes halogenated alkanes) is 23. The summed E-state index contributed by atoms with van der Waals surface area (Å²) in [6.07, 6.45) is 49.1. The molecule has 0 atom stereocenters. The summed E-state index contributed by atoms with van der Waals surface area (Å²) in [6, 6.07) is 0. The standard InChI is InChI=1S/C90H182O16S8/c1-3-5-27-75-107-83-35-52-100-68-61-92-44-20-7-14-29-77-109-85-37-54-102-70-63-94-46-22-9-16-31-79-111-87-39-56-104-72-65-96-48-24-11-18-33-81-113-89-41-58-106-74-67-98-50-26-12-19-34-82-114-90-42-57-105-73-66-97-49-25-10-17-32-80-112-88-40-55-103-71-64-95-47-23-8-15-30-78-110-86-38-53-101-69-62-93-45-21-6-13-28-76-108-84-36-51-99-60-59-91-43-4-2/h3-90H2,1-2H3. The van der Waals surface area contributed by atoms with Crippen LogP contribution in [0.5, 0.6) is 0 Å². The SMILES string of the molecule is CCCCCSCCCOCCOCCCCCCSCCCOCCOCCCCCCSCCCOCCOCCCCCCSCCCOCCOCCCCCCSCCCOCCOCCCCCCSCCCOCCOCCCCCCSCCCOCCOCCCCCCSCCCOCCOCCC. The van der Waals surface area contributed by atoms with E-state index in [0.29, 0.717) is 66.1 Å². The first-order valence-corrected chi connectivity index (χ1v) is 56.0. The van der Waals surface area contributed by atoms with E-state index >= 15 is 0 Å². The van der Waals surface area contributed by atoms with E-state index in [1.165, 1.54) is 246 Å². The molecule has 114 heavy (non-hydrogen) atoms. The van der Waals surface area contributed by atoms with Crippen LogP contribution >= 0.6 is 94.1 Å². The maximum absolute atomic E-state index is 5.82. The number of hydrogen-bond acceptors (Lipinski definition) is 24. The fourth-order valence-corrected chi connectivity index (χ4v) is 18.9. The van der Waals surface area contributed by atoms with E-state index < -0.39 is 0 Å². The van der Waals surface area contributed by atoms with Crippen molar-refractivity contribution in [3.8, 4) is 0 Å². The first kappa shape index (κ1) is 116. The lowest BCUT2D eigenvalue weighted by atomic mass is 10.2. The van der Waals surface area contributed by atoms with E-state index in [-0.39, 0.29) is 0 Å². The van der Waals surface area contributed by atoms with Crippen molar-refractivity contribution in [1.82, 2.24) is 0 Å². The summed E-state index contributed by atoms with van der Waals surface area (Å²) in [5.74, 6) is 19.6. The van der Waals surface area contributed by atoms with Gasteiger partial charge in [-0.25, -0.2) is 0 Å². The monoisotopic (exact) mass is 1780 g/mol. The van der Waals surface area contributed by atoms with E-state index in [2.05, 4.69) is 108 Å². The van der Waals surface area contributed by atoms with Crippen molar-refractivity contribution in [2.24, 2.45) is 0 Å². The summed E-state index contributed by atoms with van der Waals surface area (Å²) >= 11 is 16.5. The Hall–Kier alpha value is 2.16. The molecule has 686 valence electrons. The third kappa shape index (κ3) is 114. The van der Waals surface area contributed by atoms with Crippen LogP contribution in [0, 0.1) is 0 Å². The molecule has 0 saturated heterocycles. The molecule has 0 unspecified atom stereocenters. The minimum absolute atomic E-state index is 0.711. The lowest BCUT2D eigenvalue weighted by Crippen LogP contribution is -2.07. The third-order valence-electron chi connectivity index (χ3n) is 18.1. The van der Waals surface area contributed by atoms with Gasteiger partial charge in [0.1, 0.15) is 0 Å². The van der Waals surface area contributed by atoms with E-state index in [1.807, 2.05) is 0 Å². The molecule has 0 aliphatic carbocycles. The van der Waals surface area contributed by atoms with E-state index in [1.54, 1.807) is 0 Å². The summed E-state index contributed by atoms with van der Waals surface area (Å²) in [5.41, 5.74) is 0. The summed E-state index contributed by atoms with van der Waals surface area (Å²) in [7, 11) is 0. The molecule has 0 fully saturated rings. The van der Waals surface area contributed by atoms with Crippen LogP contribution in [0.25, 0.3) is 0 Å². The van der Waals surface area contributed by atoms with Crippen molar-refractivity contribution in [2.45, 2.75) is 271 Å². The molecular weight excluding hydrogens is 1590 g/mol. The molecule has 0 spiro atoms. The summed E-state index contributed by atoms with van der Waals surface area (Å²) in [6.45, 7) is 29.5. The number of thioether (sulfide) groups is 8.